The van der Waals surface area contributed by atoms with Crippen LogP contribution < -0.4 is 15.4 Å². The summed E-state index contributed by atoms with van der Waals surface area (Å²) in [5.41, 5.74) is 0. The van der Waals surface area contributed by atoms with Gasteiger partial charge in [0.1, 0.15) is 5.75 Å². The molecule has 0 aromatic heterocycles. The summed E-state index contributed by atoms with van der Waals surface area (Å²) in [6.07, 6.45) is 4.68. The van der Waals surface area contributed by atoms with Gasteiger partial charge in [-0.1, -0.05) is 0 Å². The number of rotatable bonds is 5. The number of nitrogens with one attached hydrogen (secondary N) is 2. The molecule has 0 spiro atoms. The Bertz CT molecular complexity index is 485. The van der Waals surface area contributed by atoms with Crippen molar-refractivity contribution >= 4 is 30.1 Å². The van der Waals surface area contributed by atoms with Crippen molar-refractivity contribution in [3.8, 4) is 5.75 Å². The van der Waals surface area contributed by atoms with Crippen molar-refractivity contribution < 1.29 is 9.53 Å². The number of carbonyl (C=O) groups is 1. The third kappa shape index (κ3) is 4.54. The number of methoxy groups -OCH3 is 1. The molecule has 3 rings (SSSR count). The Balaban J connectivity index is 0.00000176. The van der Waals surface area contributed by atoms with E-state index < -0.39 is 0 Å². The normalized spacial score (nSPS) is 26.1. The number of fused-ring (bicyclic) bond motifs is 2. The number of carbonyl (C=O) groups excluding carboxylic acids is 1. The van der Waals surface area contributed by atoms with Gasteiger partial charge in [-0.2, -0.15) is 0 Å². The molecule has 2 bridgehead atoms. The van der Waals surface area contributed by atoms with Crippen LogP contribution in [-0.4, -0.2) is 36.9 Å². The minimum atomic E-state index is 0. The predicted molar refractivity (Wildman–Crippen MR) is 92.1 cm³/mol. The number of ether oxygens (including phenoxy) is 1. The Kier molecular flexibility index (Phi) is 6.41. The lowest BCUT2D eigenvalue weighted by Gasteiger charge is -2.29. The average molecular weight is 343 g/mol. The second kappa shape index (κ2) is 8.09. The van der Waals surface area contributed by atoms with Crippen molar-refractivity contribution in [2.75, 3.05) is 12.9 Å². The molecule has 2 unspecified atom stereocenters. The van der Waals surface area contributed by atoms with E-state index in [2.05, 4.69) is 10.6 Å². The van der Waals surface area contributed by atoms with Gasteiger partial charge in [0.15, 0.2) is 0 Å². The van der Waals surface area contributed by atoms with Crippen LogP contribution in [0.3, 0.4) is 0 Å². The molecule has 0 saturated carbocycles. The first kappa shape index (κ1) is 17.4. The van der Waals surface area contributed by atoms with Crippen LogP contribution in [0.15, 0.2) is 29.2 Å². The van der Waals surface area contributed by atoms with Crippen molar-refractivity contribution in [1.82, 2.24) is 10.6 Å². The second-order valence-electron chi connectivity index (χ2n) is 5.84. The maximum Gasteiger partial charge on any atom is 0.230 e. The third-order valence-corrected chi connectivity index (χ3v) is 5.28. The molecule has 2 saturated heterocycles. The third-order valence-electron chi connectivity index (χ3n) is 4.27. The van der Waals surface area contributed by atoms with Crippen LogP contribution >= 0.6 is 24.2 Å². The van der Waals surface area contributed by atoms with Gasteiger partial charge in [-0.25, -0.2) is 0 Å². The predicted octanol–water partition coefficient (Wildman–Crippen LogP) is 2.61. The van der Waals surface area contributed by atoms with Crippen molar-refractivity contribution in [2.45, 2.75) is 48.7 Å². The summed E-state index contributed by atoms with van der Waals surface area (Å²) in [7, 11) is 1.65. The van der Waals surface area contributed by atoms with Crippen LogP contribution in [0.2, 0.25) is 0 Å². The highest BCUT2D eigenvalue weighted by molar-refractivity contribution is 8.00. The first-order valence-corrected chi connectivity index (χ1v) is 8.54. The van der Waals surface area contributed by atoms with Crippen molar-refractivity contribution in [3.63, 3.8) is 0 Å². The summed E-state index contributed by atoms with van der Waals surface area (Å²) in [6, 6.07) is 9.40. The second-order valence-corrected chi connectivity index (χ2v) is 6.89. The zero-order valence-electron chi connectivity index (χ0n) is 12.7. The molecule has 6 heteroatoms. The van der Waals surface area contributed by atoms with Gasteiger partial charge in [0.2, 0.25) is 5.91 Å². The highest BCUT2D eigenvalue weighted by Crippen LogP contribution is 2.27. The molecule has 0 radical (unpaired) electrons. The molecule has 4 nitrogen and oxygen atoms in total. The summed E-state index contributed by atoms with van der Waals surface area (Å²) in [5, 5.41) is 6.78. The SMILES string of the molecule is COc1ccc(SCC(=O)NC2CC3CCC(C2)N3)cc1.Cl. The summed E-state index contributed by atoms with van der Waals surface area (Å²) in [4.78, 5) is 13.2. The van der Waals surface area contributed by atoms with E-state index in [1.807, 2.05) is 24.3 Å². The largest absolute Gasteiger partial charge is 0.497 e. The summed E-state index contributed by atoms with van der Waals surface area (Å²) in [6.45, 7) is 0. The van der Waals surface area contributed by atoms with E-state index in [-0.39, 0.29) is 18.3 Å². The smallest absolute Gasteiger partial charge is 0.230 e. The average Bonchev–Trinajstić information content (AvgIpc) is 2.84. The first-order valence-electron chi connectivity index (χ1n) is 7.55. The number of piperidine rings is 1. The zero-order chi connectivity index (χ0) is 14.7. The molecule has 2 heterocycles. The Hall–Kier alpha value is -0.910. The van der Waals surface area contributed by atoms with E-state index in [1.165, 1.54) is 12.8 Å². The topological polar surface area (TPSA) is 50.4 Å². The highest BCUT2D eigenvalue weighted by Gasteiger charge is 2.33. The maximum atomic E-state index is 12.1. The number of hydrogen-bond donors (Lipinski definition) is 2. The fourth-order valence-electron chi connectivity index (χ4n) is 3.27. The van der Waals surface area contributed by atoms with E-state index in [4.69, 9.17) is 4.74 Å². The Labute approximate surface area is 142 Å². The van der Waals surface area contributed by atoms with Crippen LogP contribution in [0.5, 0.6) is 5.75 Å². The number of halogens is 1. The Morgan fingerprint density at radius 2 is 1.91 bits per heavy atom. The monoisotopic (exact) mass is 342 g/mol. The Morgan fingerprint density at radius 3 is 2.50 bits per heavy atom. The number of benzene rings is 1. The van der Waals surface area contributed by atoms with Crippen LogP contribution in [0, 0.1) is 0 Å². The van der Waals surface area contributed by atoms with Crippen LogP contribution in [0.25, 0.3) is 0 Å². The van der Waals surface area contributed by atoms with Gasteiger partial charge < -0.3 is 15.4 Å². The molecule has 2 aliphatic rings. The highest BCUT2D eigenvalue weighted by atomic mass is 35.5. The van der Waals surface area contributed by atoms with Gasteiger partial charge in [-0.15, -0.1) is 24.2 Å². The van der Waals surface area contributed by atoms with Gasteiger partial charge in [0.05, 0.1) is 12.9 Å². The molecule has 22 heavy (non-hydrogen) atoms. The quantitative estimate of drug-likeness (QED) is 0.808. The number of hydrogen-bond acceptors (Lipinski definition) is 4. The van der Waals surface area contributed by atoms with Gasteiger partial charge in [-0.05, 0) is 49.9 Å². The summed E-state index contributed by atoms with van der Waals surface area (Å²) >= 11 is 1.57. The van der Waals surface area contributed by atoms with Gasteiger partial charge >= 0.3 is 0 Å². The van der Waals surface area contributed by atoms with E-state index in [0.717, 1.165) is 23.5 Å². The molecule has 2 atom stereocenters. The van der Waals surface area contributed by atoms with Crippen LogP contribution in [0.1, 0.15) is 25.7 Å². The number of amides is 1. The van der Waals surface area contributed by atoms with E-state index in [0.29, 0.717) is 23.9 Å². The zero-order valence-corrected chi connectivity index (χ0v) is 14.3. The van der Waals surface area contributed by atoms with Crippen LogP contribution in [0.4, 0.5) is 0 Å². The van der Waals surface area contributed by atoms with Gasteiger partial charge in [0, 0.05) is 23.0 Å². The molecule has 2 N–H and O–H groups in total. The lowest BCUT2D eigenvalue weighted by atomic mass is 10.00. The minimum Gasteiger partial charge on any atom is -0.497 e. The molecule has 0 aliphatic carbocycles. The van der Waals surface area contributed by atoms with Crippen molar-refractivity contribution in [1.29, 1.82) is 0 Å². The molecular weight excluding hydrogens is 320 g/mol. The van der Waals surface area contributed by atoms with Crippen molar-refractivity contribution in [3.05, 3.63) is 24.3 Å². The summed E-state index contributed by atoms with van der Waals surface area (Å²) in [5.74, 6) is 1.46. The lowest BCUT2D eigenvalue weighted by Crippen LogP contribution is -2.48. The van der Waals surface area contributed by atoms with Crippen LogP contribution in [-0.2, 0) is 4.79 Å². The number of thioether (sulfide) groups is 1. The fourth-order valence-corrected chi connectivity index (χ4v) is 3.97. The molecule has 2 aliphatic heterocycles. The Morgan fingerprint density at radius 1 is 1.27 bits per heavy atom. The molecule has 122 valence electrons. The molecule has 1 aromatic carbocycles. The van der Waals surface area contributed by atoms with E-state index in [1.54, 1.807) is 18.9 Å². The molecular formula is C16H23ClN2O2S. The maximum absolute atomic E-state index is 12.1. The van der Waals surface area contributed by atoms with Gasteiger partial charge in [-0.3, -0.25) is 4.79 Å². The minimum absolute atomic E-state index is 0. The lowest BCUT2D eigenvalue weighted by molar-refractivity contribution is -0.119. The van der Waals surface area contributed by atoms with Crippen molar-refractivity contribution in [2.24, 2.45) is 0 Å². The summed E-state index contributed by atoms with van der Waals surface area (Å²) < 4.78 is 5.13. The van der Waals surface area contributed by atoms with E-state index >= 15 is 0 Å². The molecule has 1 amide bonds. The first-order chi connectivity index (χ1) is 10.2. The molecule has 2 fully saturated rings. The standard InChI is InChI=1S/C16H22N2O2S.ClH/c1-20-14-4-6-15(7-5-14)21-10-16(19)18-13-8-11-2-3-12(9-13)17-11;/h4-7,11-13,17H,2-3,8-10H2,1H3,(H,18,19);1H. The van der Waals surface area contributed by atoms with Gasteiger partial charge in [0.25, 0.3) is 0 Å². The van der Waals surface area contributed by atoms with E-state index in [9.17, 15) is 4.79 Å². The molecule has 1 aromatic rings. The fraction of sp³-hybridized carbons (Fsp3) is 0.562.